The van der Waals surface area contributed by atoms with Crippen molar-refractivity contribution >= 4 is 28.5 Å². The molecule has 4 rings (SSSR count). The highest BCUT2D eigenvalue weighted by Crippen LogP contribution is 2.38. The number of carbonyl (C=O) groups is 1. The Morgan fingerprint density at radius 1 is 1.15 bits per heavy atom. The van der Waals surface area contributed by atoms with Gasteiger partial charge in [-0.3, -0.25) is 9.59 Å². The molecule has 0 unspecified atom stereocenters. The van der Waals surface area contributed by atoms with E-state index >= 15 is 0 Å². The lowest BCUT2D eigenvalue weighted by Crippen LogP contribution is -2.32. The number of nitrogens with zero attached hydrogens (tertiary/aromatic N) is 1. The van der Waals surface area contributed by atoms with Crippen LogP contribution in [-0.4, -0.2) is 34.2 Å². The molecule has 0 spiro atoms. The fraction of sp³-hybridized carbons (Fsp3) is 0.158. The van der Waals surface area contributed by atoms with Gasteiger partial charge in [0.05, 0.1) is 23.6 Å². The highest BCUT2D eigenvalue weighted by molar-refractivity contribution is 6.31. The molecular formula is C19H14ClNO5. The van der Waals surface area contributed by atoms with E-state index in [1.807, 2.05) is 0 Å². The minimum atomic E-state index is -0.753. The van der Waals surface area contributed by atoms with E-state index in [-0.39, 0.29) is 46.6 Å². The van der Waals surface area contributed by atoms with Gasteiger partial charge in [-0.2, -0.15) is 0 Å². The molecule has 0 saturated carbocycles. The topological polar surface area (TPSA) is 91.0 Å². The van der Waals surface area contributed by atoms with Gasteiger partial charge < -0.3 is 19.5 Å². The number of rotatable bonds is 3. The Balaban J connectivity index is 2.03. The third-order valence-corrected chi connectivity index (χ3v) is 4.69. The lowest BCUT2D eigenvalue weighted by molar-refractivity contribution is 0.0691. The highest BCUT2D eigenvalue weighted by atomic mass is 35.5. The van der Waals surface area contributed by atoms with Gasteiger partial charge in [0.15, 0.2) is 5.43 Å². The first kappa shape index (κ1) is 16.6. The van der Waals surface area contributed by atoms with Gasteiger partial charge in [0.2, 0.25) is 5.76 Å². The summed E-state index contributed by atoms with van der Waals surface area (Å²) in [4.78, 5) is 27.3. The molecule has 3 aromatic rings. The third-order valence-electron chi connectivity index (χ3n) is 4.45. The predicted octanol–water partition coefficient (Wildman–Crippen LogP) is 2.69. The number of benzene rings is 2. The van der Waals surface area contributed by atoms with E-state index < -0.39 is 11.9 Å². The number of fused-ring (bicyclic) bond motifs is 2. The molecular weight excluding hydrogens is 358 g/mol. The van der Waals surface area contributed by atoms with E-state index in [0.29, 0.717) is 10.6 Å². The summed E-state index contributed by atoms with van der Waals surface area (Å²) in [6.45, 7) is -0.242. The molecule has 0 fully saturated rings. The summed E-state index contributed by atoms with van der Waals surface area (Å²) in [5.41, 5.74) is 0.654. The van der Waals surface area contributed by atoms with Gasteiger partial charge in [0.1, 0.15) is 11.3 Å². The Bertz CT molecular complexity index is 1090. The molecule has 26 heavy (non-hydrogen) atoms. The van der Waals surface area contributed by atoms with Gasteiger partial charge in [0, 0.05) is 11.6 Å². The minimum Gasteiger partial charge on any atom is -0.508 e. The number of hydrogen-bond donors (Lipinski definition) is 2. The number of aliphatic hydroxyl groups excluding tert-OH is 1. The van der Waals surface area contributed by atoms with Crippen molar-refractivity contribution in [2.45, 2.75) is 6.04 Å². The average molecular weight is 372 g/mol. The van der Waals surface area contributed by atoms with Crippen LogP contribution in [0.3, 0.4) is 0 Å². The number of phenols is 1. The largest absolute Gasteiger partial charge is 0.508 e. The first-order valence-electron chi connectivity index (χ1n) is 7.98. The Morgan fingerprint density at radius 3 is 2.69 bits per heavy atom. The van der Waals surface area contributed by atoms with Gasteiger partial charge in [-0.1, -0.05) is 23.7 Å². The van der Waals surface area contributed by atoms with E-state index in [1.54, 1.807) is 24.3 Å². The number of hydrogen-bond acceptors (Lipinski definition) is 5. The zero-order valence-electron chi connectivity index (χ0n) is 13.5. The summed E-state index contributed by atoms with van der Waals surface area (Å²) >= 11 is 6.00. The van der Waals surface area contributed by atoms with Crippen LogP contribution in [0.4, 0.5) is 0 Å². The van der Waals surface area contributed by atoms with E-state index in [1.165, 1.54) is 23.1 Å². The van der Waals surface area contributed by atoms with Crippen molar-refractivity contribution in [3.63, 3.8) is 0 Å². The van der Waals surface area contributed by atoms with Crippen molar-refractivity contribution in [2.24, 2.45) is 0 Å². The molecule has 1 atom stereocenters. The summed E-state index contributed by atoms with van der Waals surface area (Å²) in [5, 5.41) is 19.8. The SMILES string of the molecule is O=C1c2oc3ccc(Cl)cc3c(=O)c2[C@@H](c2cccc(O)c2)N1CCO. The standard InChI is InChI=1S/C19H14ClNO5/c20-11-4-5-14-13(9-11)17(24)15-16(10-2-1-3-12(23)8-10)21(6-7-22)19(25)18(15)26-14/h1-5,8-9,16,22-23H,6-7H2/t16-/m1/s1. The molecule has 1 amide bonds. The number of aliphatic hydroxyl groups is 1. The fourth-order valence-corrected chi connectivity index (χ4v) is 3.54. The summed E-state index contributed by atoms with van der Waals surface area (Å²) in [6, 6.07) is 10.2. The molecule has 7 heteroatoms. The maximum absolute atomic E-state index is 13.1. The average Bonchev–Trinajstić information content (AvgIpc) is 2.89. The number of carbonyl (C=O) groups excluding carboxylic acids is 1. The van der Waals surface area contributed by atoms with E-state index in [4.69, 9.17) is 16.0 Å². The molecule has 1 aliphatic rings. The van der Waals surface area contributed by atoms with Crippen LogP contribution in [0.2, 0.25) is 5.02 Å². The number of amides is 1. The quantitative estimate of drug-likeness (QED) is 0.738. The molecule has 132 valence electrons. The minimum absolute atomic E-state index is 0.0144. The lowest BCUT2D eigenvalue weighted by Gasteiger charge is -2.24. The Labute approximate surface area is 152 Å². The molecule has 0 saturated heterocycles. The van der Waals surface area contributed by atoms with Gasteiger partial charge in [-0.25, -0.2) is 0 Å². The molecule has 0 aliphatic carbocycles. The molecule has 1 aromatic heterocycles. The van der Waals surface area contributed by atoms with Gasteiger partial charge in [-0.15, -0.1) is 0 Å². The second-order valence-corrected chi connectivity index (χ2v) is 6.47. The normalized spacial score (nSPS) is 16.3. The maximum Gasteiger partial charge on any atom is 0.290 e. The van der Waals surface area contributed by atoms with Crippen molar-refractivity contribution < 1.29 is 19.4 Å². The Hall–Kier alpha value is -2.83. The van der Waals surface area contributed by atoms with Crippen LogP contribution in [0.25, 0.3) is 11.0 Å². The monoisotopic (exact) mass is 371 g/mol. The number of β-amino-alcohol motifs (C(OH)–C–C–N with tert-alkyl or cyclic N) is 1. The zero-order valence-corrected chi connectivity index (χ0v) is 14.2. The maximum atomic E-state index is 13.1. The van der Waals surface area contributed by atoms with E-state index in [9.17, 15) is 19.8 Å². The van der Waals surface area contributed by atoms with Crippen molar-refractivity contribution in [3.8, 4) is 5.75 Å². The van der Waals surface area contributed by atoms with Gasteiger partial charge in [0.25, 0.3) is 5.91 Å². The number of halogens is 1. The van der Waals surface area contributed by atoms with Crippen molar-refractivity contribution in [3.05, 3.63) is 74.6 Å². The summed E-state index contributed by atoms with van der Waals surface area (Å²) in [7, 11) is 0. The van der Waals surface area contributed by atoms with E-state index in [2.05, 4.69) is 0 Å². The van der Waals surface area contributed by atoms with Crippen LogP contribution in [-0.2, 0) is 0 Å². The van der Waals surface area contributed by atoms with Crippen molar-refractivity contribution in [2.75, 3.05) is 13.2 Å². The first-order chi connectivity index (χ1) is 12.5. The van der Waals surface area contributed by atoms with Crippen molar-refractivity contribution in [1.82, 2.24) is 4.90 Å². The Morgan fingerprint density at radius 2 is 1.96 bits per heavy atom. The smallest absolute Gasteiger partial charge is 0.290 e. The lowest BCUT2D eigenvalue weighted by atomic mass is 9.98. The molecule has 2 heterocycles. The molecule has 0 bridgehead atoms. The molecule has 2 aromatic carbocycles. The van der Waals surface area contributed by atoms with Crippen LogP contribution in [0.5, 0.6) is 5.75 Å². The highest BCUT2D eigenvalue weighted by Gasteiger charge is 2.42. The third kappa shape index (κ3) is 2.46. The molecule has 6 nitrogen and oxygen atoms in total. The summed E-state index contributed by atoms with van der Waals surface area (Å²) in [5.74, 6) is -0.511. The predicted molar refractivity (Wildman–Crippen MR) is 95.6 cm³/mol. The molecule has 2 N–H and O–H groups in total. The molecule has 1 aliphatic heterocycles. The molecule has 0 radical (unpaired) electrons. The van der Waals surface area contributed by atoms with E-state index in [0.717, 1.165) is 0 Å². The van der Waals surface area contributed by atoms with Gasteiger partial charge >= 0.3 is 0 Å². The van der Waals surface area contributed by atoms with Crippen LogP contribution in [0.1, 0.15) is 27.7 Å². The fourth-order valence-electron chi connectivity index (χ4n) is 3.37. The second-order valence-electron chi connectivity index (χ2n) is 6.03. The first-order valence-corrected chi connectivity index (χ1v) is 8.36. The van der Waals surface area contributed by atoms with Crippen molar-refractivity contribution in [1.29, 1.82) is 0 Å². The van der Waals surface area contributed by atoms with Crippen LogP contribution < -0.4 is 5.43 Å². The zero-order chi connectivity index (χ0) is 18.4. The summed E-state index contributed by atoms with van der Waals surface area (Å²) < 4.78 is 5.72. The number of aromatic hydroxyl groups is 1. The van der Waals surface area contributed by atoms with Crippen LogP contribution >= 0.6 is 11.6 Å². The van der Waals surface area contributed by atoms with Crippen LogP contribution in [0.15, 0.2) is 51.7 Å². The Kier molecular flexibility index (Phi) is 3.94. The number of phenolic OH excluding ortho intramolecular Hbond substituents is 1. The second kappa shape index (κ2) is 6.16. The summed E-state index contributed by atoms with van der Waals surface area (Å²) in [6.07, 6.45) is 0. The van der Waals surface area contributed by atoms with Gasteiger partial charge in [-0.05, 0) is 35.9 Å². The van der Waals surface area contributed by atoms with Crippen LogP contribution in [0, 0.1) is 0 Å².